The summed E-state index contributed by atoms with van der Waals surface area (Å²) in [5, 5.41) is 8.43. The average molecular weight is 309 g/mol. The molecule has 0 atom stereocenters. The van der Waals surface area contributed by atoms with Crippen molar-refractivity contribution < 1.29 is 17.9 Å². The van der Waals surface area contributed by atoms with Crippen molar-refractivity contribution in [2.45, 2.75) is 38.5 Å². The molecular weight excluding hydrogens is 290 g/mol. The summed E-state index contributed by atoms with van der Waals surface area (Å²) in [6.45, 7) is 3.50. The van der Waals surface area contributed by atoms with Gasteiger partial charge >= 0.3 is 5.97 Å². The van der Waals surface area contributed by atoms with Gasteiger partial charge in [-0.25, -0.2) is 13.2 Å². The molecule has 114 valence electrons. The van der Waals surface area contributed by atoms with Crippen LogP contribution < -0.4 is 0 Å². The predicted molar refractivity (Wildman–Crippen MR) is 79.3 cm³/mol. The zero-order valence-electron chi connectivity index (χ0n) is 12.2. The lowest BCUT2D eigenvalue weighted by atomic mass is 10.1. The summed E-state index contributed by atoms with van der Waals surface area (Å²) >= 11 is 0. The van der Waals surface area contributed by atoms with Crippen molar-refractivity contribution in [3.63, 3.8) is 0 Å². The van der Waals surface area contributed by atoms with Crippen LogP contribution in [0.3, 0.4) is 0 Å². The number of carbonyl (C=O) groups is 1. The number of sulfone groups is 1. The van der Waals surface area contributed by atoms with Gasteiger partial charge in [-0.1, -0.05) is 12.1 Å². The molecule has 0 fully saturated rings. The van der Waals surface area contributed by atoms with E-state index in [-0.39, 0.29) is 24.0 Å². The van der Waals surface area contributed by atoms with Crippen LogP contribution in [0.5, 0.6) is 0 Å². The summed E-state index contributed by atoms with van der Waals surface area (Å²) in [5.74, 6) is -0.628. The summed E-state index contributed by atoms with van der Waals surface area (Å²) in [6, 6.07) is 8.35. The van der Waals surface area contributed by atoms with Crippen molar-refractivity contribution in [3.05, 3.63) is 35.4 Å². The normalized spacial score (nSPS) is 11.1. The van der Waals surface area contributed by atoms with Crippen LogP contribution in [0, 0.1) is 11.3 Å². The molecule has 0 amide bonds. The molecule has 1 rings (SSSR count). The highest BCUT2D eigenvalue weighted by molar-refractivity contribution is 7.90. The zero-order chi connectivity index (χ0) is 15.9. The first-order chi connectivity index (χ1) is 9.84. The van der Waals surface area contributed by atoms with Crippen molar-refractivity contribution in [1.29, 1.82) is 5.26 Å². The molecule has 0 aromatic heterocycles. The first-order valence-corrected chi connectivity index (χ1v) is 8.53. The van der Waals surface area contributed by atoms with Gasteiger partial charge < -0.3 is 4.74 Å². The van der Waals surface area contributed by atoms with Gasteiger partial charge in [0.15, 0.2) is 9.84 Å². The summed E-state index contributed by atoms with van der Waals surface area (Å²) in [5.41, 5.74) is 0.888. The molecule has 0 aliphatic carbocycles. The van der Waals surface area contributed by atoms with Gasteiger partial charge in [0, 0.05) is 6.42 Å². The Hall–Kier alpha value is -1.87. The third-order valence-corrected chi connectivity index (χ3v) is 4.32. The lowest BCUT2D eigenvalue weighted by Gasteiger charge is -2.09. The van der Waals surface area contributed by atoms with E-state index in [2.05, 4.69) is 0 Å². The molecule has 0 saturated carbocycles. The molecule has 21 heavy (non-hydrogen) atoms. The number of benzene rings is 1. The van der Waals surface area contributed by atoms with Crippen LogP contribution in [0.1, 0.15) is 42.6 Å². The number of hydrogen-bond acceptors (Lipinski definition) is 5. The molecule has 0 spiro atoms. The maximum atomic E-state index is 11.9. The molecule has 0 bridgehead atoms. The molecule has 0 aliphatic heterocycles. The van der Waals surface area contributed by atoms with Gasteiger partial charge in [0.1, 0.15) is 0 Å². The minimum absolute atomic E-state index is 0.0266. The Labute approximate surface area is 125 Å². The second kappa shape index (κ2) is 7.79. The highest BCUT2D eigenvalue weighted by atomic mass is 32.2. The second-order valence-electron chi connectivity index (χ2n) is 5.01. The number of nitriles is 1. The van der Waals surface area contributed by atoms with Crippen LogP contribution in [0.2, 0.25) is 0 Å². The van der Waals surface area contributed by atoms with E-state index in [1.165, 1.54) is 6.07 Å². The molecule has 0 unspecified atom stereocenters. The minimum atomic E-state index is -3.28. The van der Waals surface area contributed by atoms with Gasteiger partial charge in [-0.3, -0.25) is 0 Å². The number of esters is 1. The number of unbranched alkanes of at least 4 members (excludes halogenated alkanes) is 1. The first-order valence-electron chi connectivity index (χ1n) is 6.71. The molecule has 0 saturated heterocycles. The van der Waals surface area contributed by atoms with E-state index in [9.17, 15) is 13.2 Å². The van der Waals surface area contributed by atoms with Crippen molar-refractivity contribution in [2.24, 2.45) is 0 Å². The van der Waals surface area contributed by atoms with Gasteiger partial charge in [0.25, 0.3) is 0 Å². The first kappa shape index (κ1) is 17.2. The van der Waals surface area contributed by atoms with Crippen LogP contribution >= 0.6 is 0 Å². The quantitative estimate of drug-likeness (QED) is 0.570. The van der Waals surface area contributed by atoms with E-state index in [0.29, 0.717) is 17.5 Å². The topological polar surface area (TPSA) is 84.2 Å². The average Bonchev–Trinajstić information content (AvgIpc) is 2.37. The van der Waals surface area contributed by atoms with Gasteiger partial charge in [-0.2, -0.15) is 5.26 Å². The third kappa shape index (κ3) is 6.41. The Morgan fingerprint density at radius 3 is 2.71 bits per heavy atom. The zero-order valence-corrected chi connectivity index (χ0v) is 13.0. The smallest absolute Gasteiger partial charge is 0.338 e. The maximum Gasteiger partial charge on any atom is 0.338 e. The highest BCUT2D eigenvalue weighted by Crippen LogP contribution is 2.12. The fourth-order valence-corrected chi connectivity index (χ4v) is 3.18. The van der Waals surface area contributed by atoms with Crippen LogP contribution in [0.4, 0.5) is 0 Å². The summed E-state index contributed by atoms with van der Waals surface area (Å²) in [7, 11) is -3.28. The SMILES string of the molecule is CC(C)OC(=O)c1cccc(CS(=O)(=O)CCCC#N)c1. The molecular formula is C15H19NO4S. The molecule has 0 N–H and O–H groups in total. The highest BCUT2D eigenvalue weighted by Gasteiger charge is 2.14. The Morgan fingerprint density at radius 1 is 1.38 bits per heavy atom. The van der Waals surface area contributed by atoms with Gasteiger partial charge in [-0.15, -0.1) is 0 Å². The standard InChI is InChI=1S/C15H19NO4S/c1-12(2)20-15(17)14-7-5-6-13(10-14)11-21(18,19)9-4-3-8-16/h5-7,10,12H,3-4,9,11H2,1-2H3. The number of carbonyl (C=O) groups excluding carboxylic acids is 1. The van der Waals surface area contributed by atoms with Gasteiger partial charge in [-0.05, 0) is 38.0 Å². The maximum absolute atomic E-state index is 11.9. The summed E-state index contributed by atoms with van der Waals surface area (Å²) < 4.78 is 28.9. The molecule has 5 nitrogen and oxygen atoms in total. The minimum Gasteiger partial charge on any atom is -0.459 e. The van der Waals surface area contributed by atoms with E-state index in [1.54, 1.807) is 32.0 Å². The van der Waals surface area contributed by atoms with Gasteiger partial charge in [0.2, 0.25) is 0 Å². The molecule has 0 radical (unpaired) electrons. The fourth-order valence-electron chi connectivity index (χ4n) is 1.77. The Morgan fingerprint density at radius 2 is 2.10 bits per heavy atom. The van der Waals surface area contributed by atoms with Gasteiger partial charge in [0.05, 0.1) is 29.2 Å². The van der Waals surface area contributed by atoms with Crippen molar-refractivity contribution in [1.82, 2.24) is 0 Å². The lowest BCUT2D eigenvalue weighted by molar-refractivity contribution is 0.0377. The number of ether oxygens (including phenoxy) is 1. The van der Waals surface area contributed by atoms with Crippen LogP contribution in [-0.4, -0.2) is 26.2 Å². The summed E-state index contributed by atoms with van der Waals surface area (Å²) in [4.78, 5) is 11.8. The van der Waals surface area contributed by atoms with E-state index in [4.69, 9.17) is 10.00 Å². The van der Waals surface area contributed by atoms with E-state index >= 15 is 0 Å². The molecule has 1 aromatic rings. The van der Waals surface area contributed by atoms with Crippen LogP contribution in [0.25, 0.3) is 0 Å². The Balaban J connectivity index is 2.77. The van der Waals surface area contributed by atoms with Crippen LogP contribution in [0.15, 0.2) is 24.3 Å². The van der Waals surface area contributed by atoms with Crippen LogP contribution in [-0.2, 0) is 20.3 Å². The molecule has 0 heterocycles. The largest absolute Gasteiger partial charge is 0.459 e. The molecule has 0 aliphatic rings. The van der Waals surface area contributed by atoms with E-state index in [0.717, 1.165) is 0 Å². The predicted octanol–water partition coefficient (Wildman–Crippen LogP) is 2.47. The van der Waals surface area contributed by atoms with Crippen molar-refractivity contribution in [2.75, 3.05) is 5.75 Å². The second-order valence-corrected chi connectivity index (χ2v) is 7.19. The fraction of sp³-hybridized carbons (Fsp3) is 0.467. The Kier molecular flexibility index (Phi) is 6.38. The monoisotopic (exact) mass is 309 g/mol. The van der Waals surface area contributed by atoms with Crippen molar-refractivity contribution in [3.8, 4) is 6.07 Å². The number of nitrogens with zero attached hydrogens (tertiary/aromatic N) is 1. The molecule has 1 aromatic carbocycles. The molecule has 6 heteroatoms. The third-order valence-electron chi connectivity index (χ3n) is 2.64. The van der Waals surface area contributed by atoms with E-state index < -0.39 is 15.8 Å². The number of hydrogen-bond donors (Lipinski definition) is 0. The van der Waals surface area contributed by atoms with E-state index in [1.807, 2.05) is 6.07 Å². The summed E-state index contributed by atoms with van der Waals surface area (Å²) in [6.07, 6.45) is 0.323. The lowest BCUT2D eigenvalue weighted by Crippen LogP contribution is -2.13. The van der Waals surface area contributed by atoms with Crippen molar-refractivity contribution >= 4 is 15.8 Å². The number of rotatable bonds is 7. The Bertz CT molecular complexity index is 629.